The summed E-state index contributed by atoms with van der Waals surface area (Å²) in [4.78, 5) is 6.63. The molecule has 1 aromatic rings. The zero-order valence-electron chi connectivity index (χ0n) is 8.69. The highest BCUT2D eigenvalue weighted by atomic mass is 35.5. The molecule has 16 heavy (non-hydrogen) atoms. The molecule has 2 atom stereocenters. The molecule has 2 aliphatic rings. The zero-order chi connectivity index (χ0) is 9.54. The van der Waals surface area contributed by atoms with Gasteiger partial charge in [0.05, 0.1) is 23.8 Å². The van der Waals surface area contributed by atoms with Crippen molar-refractivity contribution >= 4 is 44.4 Å². The van der Waals surface area contributed by atoms with Gasteiger partial charge in [0.25, 0.3) is 0 Å². The van der Waals surface area contributed by atoms with Crippen LogP contribution in [0.15, 0.2) is 18.3 Å². The summed E-state index contributed by atoms with van der Waals surface area (Å²) < 4.78 is 5.53. The van der Waals surface area contributed by atoms with Crippen molar-refractivity contribution in [1.29, 1.82) is 0 Å². The number of hydrogen-bond acceptors (Lipinski definition) is 3. The summed E-state index contributed by atoms with van der Waals surface area (Å²) in [5.41, 5.74) is 0. The maximum Gasteiger partial charge on any atom is 0.128 e. The highest BCUT2D eigenvalue weighted by molar-refractivity contribution is 7.59. The first-order valence-electron chi connectivity index (χ1n) is 4.83. The molecule has 1 aromatic heterocycles. The van der Waals surface area contributed by atoms with Crippen molar-refractivity contribution in [2.75, 3.05) is 18.1 Å². The fraction of sp³-hybridized carbons (Fsp3) is 0.500. The van der Waals surface area contributed by atoms with Crippen LogP contribution >= 0.6 is 38.6 Å². The van der Waals surface area contributed by atoms with Gasteiger partial charge in [-0.15, -0.1) is 0 Å². The summed E-state index contributed by atoms with van der Waals surface area (Å²) in [5, 5.41) is 0.689. The fourth-order valence-corrected chi connectivity index (χ4v) is 2.33. The van der Waals surface area contributed by atoms with E-state index >= 15 is 0 Å². The predicted octanol–water partition coefficient (Wildman–Crippen LogP) is 1.94. The highest BCUT2D eigenvalue weighted by Gasteiger charge is 2.39. The molecule has 0 unspecified atom stereocenters. The molecule has 0 spiro atoms. The van der Waals surface area contributed by atoms with E-state index in [2.05, 4.69) is 9.88 Å². The van der Waals surface area contributed by atoms with Crippen LogP contribution in [-0.4, -0.2) is 30.3 Å². The Kier molecular flexibility index (Phi) is 4.79. The standard InChI is InChI=1S/C10H11ClN2O.2H2S/c11-7-1-2-10(12-4-7)13-5-9-3-8(13)6-14-9;;/h1-2,4,8-9H,3,5-6H2;2*1H2/t8-,9-;;/m0../s1. The molecule has 6 heteroatoms. The van der Waals surface area contributed by atoms with E-state index in [1.807, 2.05) is 12.1 Å². The molecule has 0 saturated carbocycles. The number of halogens is 1. The Morgan fingerprint density at radius 1 is 1.38 bits per heavy atom. The van der Waals surface area contributed by atoms with E-state index in [0.29, 0.717) is 17.2 Å². The summed E-state index contributed by atoms with van der Waals surface area (Å²) >= 11 is 5.79. The van der Waals surface area contributed by atoms with Crippen molar-refractivity contribution in [1.82, 2.24) is 4.98 Å². The first kappa shape index (κ1) is 14.0. The van der Waals surface area contributed by atoms with Crippen molar-refractivity contribution in [3.05, 3.63) is 23.4 Å². The van der Waals surface area contributed by atoms with Gasteiger partial charge in [-0.25, -0.2) is 4.98 Å². The molecule has 3 nitrogen and oxygen atoms in total. The van der Waals surface area contributed by atoms with E-state index < -0.39 is 0 Å². The van der Waals surface area contributed by atoms with Crippen molar-refractivity contribution in [3.63, 3.8) is 0 Å². The van der Waals surface area contributed by atoms with Gasteiger partial charge in [0.1, 0.15) is 5.82 Å². The first-order valence-corrected chi connectivity index (χ1v) is 5.20. The smallest absolute Gasteiger partial charge is 0.128 e. The molecule has 2 fully saturated rings. The molecule has 0 radical (unpaired) electrons. The Morgan fingerprint density at radius 3 is 2.69 bits per heavy atom. The minimum atomic E-state index is 0. The van der Waals surface area contributed by atoms with Crippen molar-refractivity contribution < 1.29 is 4.74 Å². The number of hydrogen-bond donors (Lipinski definition) is 0. The third-order valence-corrected chi connectivity index (χ3v) is 3.13. The number of anilines is 1. The monoisotopic (exact) mass is 278 g/mol. The number of rotatable bonds is 1. The lowest BCUT2D eigenvalue weighted by atomic mass is 10.2. The molecule has 90 valence electrons. The van der Waals surface area contributed by atoms with Crippen LogP contribution in [0.4, 0.5) is 5.82 Å². The number of pyridine rings is 1. The Hall–Kier alpha value is -0.100. The van der Waals surface area contributed by atoms with Crippen molar-refractivity contribution in [2.24, 2.45) is 0 Å². The molecule has 2 saturated heterocycles. The second kappa shape index (κ2) is 5.49. The van der Waals surface area contributed by atoms with Gasteiger partial charge in [0.15, 0.2) is 0 Å². The number of nitrogens with zero attached hydrogens (tertiary/aromatic N) is 2. The van der Waals surface area contributed by atoms with Crippen LogP contribution < -0.4 is 4.90 Å². The Labute approximate surface area is 114 Å². The lowest BCUT2D eigenvalue weighted by molar-refractivity contribution is 0.0989. The summed E-state index contributed by atoms with van der Waals surface area (Å²) in [5.74, 6) is 1.02. The molecule has 0 N–H and O–H groups in total. The lowest BCUT2D eigenvalue weighted by Gasteiger charge is -2.27. The van der Waals surface area contributed by atoms with Gasteiger partial charge in [-0.1, -0.05) is 11.6 Å². The molecule has 3 rings (SSSR count). The van der Waals surface area contributed by atoms with Crippen LogP contribution in [0.3, 0.4) is 0 Å². The number of aromatic nitrogens is 1. The summed E-state index contributed by atoms with van der Waals surface area (Å²) in [6, 6.07) is 4.38. The van der Waals surface area contributed by atoms with E-state index in [9.17, 15) is 0 Å². The van der Waals surface area contributed by atoms with Crippen LogP contribution in [0.5, 0.6) is 0 Å². The third-order valence-electron chi connectivity index (χ3n) is 2.91. The molecule has 0 amide bonds. The van der Waals surface area contributed by atoms with Gasteiger partial charge in [-0.3, -0.25) is 0 Å². The number of morpholine rings is 1. The normalized spacial score (nSPS) is 26.2. The van der Waals surface area contributed by atoms with Gasteiger partial charge < -0.3 is 9.64 Å². The average molecular weight is 279 g/mol. The maximum atomic E-state index is 5.79. The van der Waals surface area contributed by atoms with E-state index in [-0.39, 0.29) is 27.0 Å². The van der Waals surface area contributed by atoms with E-state index in [0.717, 1.165) is 25.4 Å². The summed E-state index contributed by atoms with van der Waals surface area (Å²) in [7, 11) is 0. The molecular weight excluding hydrogens is 264 g/mol. The largest absolute Gasteiger partial charge is 0.374 e. The van der Waals surface area contributed by atoms with Gasteiger partial charge in [0, 0.05) is 12.7 Å². The van der Waals surface area contributed by atoms with Gasteiger partial charge in [0.2, 0.25) is 0 Å². The Balaban J connectivity index is 0.000000640. The quantitative estimate of drug-likeness (QED) is 0.785. The lowest BCUT2D eigenvalue weighted by Crippen LogP contribution is -2.37. The number of ether oxygens (including phenoxy) is 1. The predicted molar refractivity (Wildman–Crippen MR) is 75.5 cm³/mol. The SMILES string of the molecule is Clc1ccc(N2C[C@@H]3C[C@H]2CO3)nc1.S.S. The maximum absolute atomic E-state index is 5.79. The zero-order valence-corrected chi connectivity index (χ0v) is 11.4. The minimum Gasteiger partial charge on any atom is -0.374 e. The van der Waals surface area contributed by atoms with Crippen LogP contribution in [-0.2, 0) is 4.74 Å². The van der Waals surface area contributed by atoms with Crippen LogP contribution in [0.1, 0.15) is 6.42 Å². The topological polar surface area (TPSA) is 25.4 Å². The molecule has 3 heterocycles. The summed E-state index contributed by atoms with van der Waals surface area (Å²) in [6.07, 6.45) is 3.26. The molecule has 2 bridgehead atoms. The molecular formula is C10H15ClN2OS2. The minimum absolute atomic E-state index is 0. The van der Waals surface area contributed by atoms with Crippen molar-refractivity contribution in [3.8, 4) is 0 Å². The van der Waals surface area contributed by atoms with E-state index in [4.69, 9.17) is 16.3 Å². The van der Waals surface area contributed by atoms with Gasteiger partial charge in [-0.2, -0.15) is 27.0 Å². The van der Waals surface area contributed by atoms with E-state index in [1.165, 1.54) is 0 Å². The van der Waals surface area contributed by atoms with Gasteiger partial charge in [-0.05, 0) is 18.6 Å². The first-order chi connectivity index (χ1) is 6.83. The molecule has 0 aromatic carbocycles. The fourth-order valence-electron chi connectivity index (χ4n) is 2.22. The van der Waals surface area contributed by atoms with Crippen LogP contribution in [0.25, 0.3) is 0 Å². The van der Waals surface area contributed by atoms with Crippen LogP contribution in [0, 0.1) is 0 Å². The molecule has 2 aliphatic heterocycles. The average Bonchev–Trinajstić information content (AvgIpc) is 2.80. The number of fused-ring (bicyclic) bond motifs is 2. The van der Waals surface area contributed by atoms with Crippen molar-refractivity contribution in [2.45, 2.75) is 18.6 Å². The van der Waals surface area contributed by atoms with Gasteiger partial charge >= 0.3 is 0 Å². The molecule has 0 aliphatic carbocycles. The second-order valence-corrected chi connectivity index (χ2v) is 4.27. The van der Waals surface area contributed by atoms with E-state index in [1.54, 1.807) is 6.20 Å². The van der Waals surface area contributed by atoms with Crippen LogP contribution in [0.2, 0.25) is 5.02 Å². The third kappa shape index (κ3) is 2.42. The highest BCUT2D eigenvalue weighted by Crippen LogP contribution is 2.31. The second-order valence-electron chi connectivity index (χ2n) is 3.83. The summed E-state index contributed by atoms with van der Waals surface area (Å²) in [6.45, 7) is 1.81. The Morgan fingerprint density at radius 2 is 2.19 bits per heavy atom. The Bertz CT molecular complexity index is 349.